The number of carboxylic acid groups (broad SMARTS) is 2. The highest BCUT2D eigenvalue weighted by atomic mass is 32.3. The highest BCUT2D eigenvalue weighted by Gasteiger charge is 2.72. The molecule has 12 atom stereocenters. The van der Waals surface area contributed by atoms with Crippen LogP contribution in [0.2, 0.25) is 0 Å². The van der Waals surface area contributed by atoms with Crippen LogP contribution in [0.1, 0.15) is 72.1 Å². The summed E-state index contributed by atoms with van der Waals surface area (Å²) in [5, 5.41) is 42.1. The maximum absolute atomic E-state index is 13.2. The number of carbonyl (C=O) groups excluding carboxylic acids is 1. The summed E-state index contributed by atoms with van der Waals surface area (Å²) in [6.07, 6.45) is -11.7. The molecular weight excluding hydrogens is 740 g/mol. The Balaban J connectivity index is 1.60. The van der Waals surface area contributed by atoms with Crippen molar-refractivity contribution in [2.45, 2.75) is 115 Å². The van der Waals surface area contributed by atoms with Gasteiger partial charge in [0.05, 0.1) is 12.2 Å². The molecule has 0 radical (unpaired) electrons. The van der Waals surface area contributed by atoms with Crippen LogP contribution in [-0.2, 0) is 62.6 Å². The van der Waals surface area contributed by atoms with Crippen molar-refractivity contribution in [3.8, 4) is 0 Å². The molecule has 1 spiro atoms. The average molecular weight is 787 g/mol. The summed E-state index contributed by atoms with van der Waals surface area (Å²) in [6, 6.07) is 0. The summed E-state index contributed by atoms with van der Waals surface area (Å²) < 4.78 is 93.9. The van der Waals surface area contributed by atoms with Gasteiger partial charge in [0.2, 0.25) is 0 Å². The van der Waals surface area contributed by atoms with Crippen molar-refractivity contribution in [2.75, 3.05) is 6.61 Å². The number of fused-ring (bicyclic) bond motifs is 3. The van der Waals surface area contributed by atoms with Crippen LogP contribution in [0.4, 0.5) is 0 Å². The molecule has 19 nitrogen and oxygen atoms in total. The molecule has 52 heavy (non-hydrogen) atoms. The van der Waals surface area contributed by atoms with Crippen LogP contribution in [0.3, 0.4) is 0 Å². The summed E-state index contributed by atoms with van der Waals surface area (Å²) in [6.45, 7) is 8.14. The number of carbonyl (C=O) groups is 3. The first-order valence-corrected chi connectivity index (χ1v) is 19.6. The quantitative estimate of drug-likeness (QED) is 0.0294. The molecule has 1 saturated heterocycles. The number of aliphatic hydroxyl groups excluding tert-OH is 1. The lowest BCUT2D eigenvalue weighted by molar-refractivity contribution is -0.340. The van der Waals surface area contributed by atoms with Crippen molar-refractivity contribution in [3.63, 3.8) is 0 Å². The molecule has 5 fully saturated rings. The van der Waals surface area contributed by atoms with E-state index in [1.807, 2.05) is 0 Å². The number of esters is 1. The third-order valence-corrected chi connectivity index (χ3v) is 13.0. The van der Waals surface area contributed by atoms with E-state index in [4.69, 9.17) is 18.4 Å². The molecule has 21 heteroatoms. The Hall–Kier alpha value is -2.31. The van der Waals surface area contributed by atoms with E-state index in [0.29, 0.717) is 31.3 Å². The van der Waals surface area contributed by atoms with E-state index in [-0.39, 0.29) is 37.0 Å². The molecule has 4 aliphatic carbocycles. The van der Waals surface area contributed by atoms with Gasteiger partial charge in [0.15, 0.2) is 23.9 Å². The number of aliphatic hydroxyl groups is 1. The molecule has 296 valence electrons. The standard InChI is InChI=1S/C31H46O19S2/c1-14(2)9-21(32)48-24-23(50-52(42,43)44)22(49-51(39,40)41)18(13-45-38)47-26(24)46-17-11-29(4)19-6-5-16-10-30(19,25(33)15(16)3)8-7-20(29)31(12-17,27(34)35)28(36)37/h14,16-20,22-26,33,38H,3,5-13H2,1-2,4H3,(H,34,35)(H,36,37)(H,39,40,41)(H,42,43,44)/t16-,17-,18+,19-,20-,22+,23+,24-,25+,26+,29-,30-/m1/s1. The number of hydrogen-bond acceptors (Lipinski definition) is 15. The molecule has 6 N–H and O–H groups in total. The largest absolute Gasteiger partial charge is 0.480 e. The van der Waals surface area contributed by atoms with Gasteiger partial charge in [-0.05, 0) is 73.2 Å². The van der Waals surface area contributed by atoms with E-state index in [1.165, 1.54) is 0 Å². The summed E-state index contributed by atoms with van der Waals surface area (Å²) >= 11 is 0. The molecule has 1 heterocycles. The lowest BCUT2D eigenvalue weighted by Crippen LogP contribution is -2.67. The first kappa shape index (κ1) is 40.9. The maximum Gasteiger partial charge on any atom is 0.397 e. The number of ether oxygens (including phenoxy) is 3. The van der Waals surface area contributed by atoms with Gasteiger partial charge in [0, 0.05) is 18.3 Å². The van der Waals surface area contributed by atoms with Crippen LogP contribution < -0.4 is 0 Å². The Labute approximate surface area is 300 Å². The molecule has 4 saturated carbocycles. The van der Waals surface area contributed by atoms with E-state index in [0.717, 1.165) is 0 Å². The van der Waals surface area contributed by atoms with E-state index in [2.05, 4.69) is 15.6 Å². The molecule has 2 bridgehead atoms. The number of hydrogen-bond donors (Lipinski definition) is 6. The zero-order valence-corrected chi connectivity index (χ0v) is 30.4. The predicted octanol–water partition coefficient (Wildman–Crippen LogP) is 1.62. The Morgan fingerprint density at radius 2 is 1.54 bits per heavy atom. The lowest BCUT2D eigenvalue weighted by Gasteiger charge is -2.64. The van der Waals surface area contributed by atoms with Crippen LogP contribution >= 0.6 is 0 Å². The summed E-state index contributed by atoms with van der Waals surface area (Å²) in [5.41, 5.74) is -3.57. The second-order valence-electron chi connectivity index (χ2n) is 15.5. The van der Waals surface area contributed by atoms with Crippen molar-refractivity contribution in [1.29, 1.82) is 0 Å². The fourth-order valence-corrected chi connectivity index (χ4v) is 11.3. The van der Waals surface area contributed by atoms with Crippen LogP contribution in [0.5, 0.6) is 0 Å². The molecule has 1 aliphatic heterocycles. The van der Waals surface area contributed by atoms with Gasteiger partial charge in [-0.2, -0.15) is 16.8 Å². The van der Waals surface area contributed by atoms with Crippen molar-refractivity contribution < 1.29 is 88.4 Å². The Kier molecular flexibility index (Phi) is 11.3. The highest BCUT2D eigenvalue weighted by molar-refractivity contribution is 7.81. The monoisotopic (exact) mass is 786 g/mol. The molecule has 0 aromatic rings. The predicted molar refractivity (Wildman–Crippen MR) is 170 cm³/mol. The number of aliphatic carboxylic acids is 2. The van der Waals surface area contributed by atoms with Crippen molar-refractivity contribution >= 4 is 38.7 Å². The summed E-state index contributed by atoms with van der Waals surface area (Å²) in [7, 11) is -11.0. The Bertz CT molecular complexity index is 1630. The molecule has 0 unspecified atom stereocenters. The fourth-order valence-electron chi connectivity index (χ4n) is 10.3. The molecule has 0 amide bonds. The van der Waals surface area contributed by atoms with Gasteiger partial charge in [0.25, 0.3) is 0 Å². The Morgan fingerprint density at radius 1 is 0.923 bits per heavy atom. The van der Waals surface area contributed by atoms with Crippen LogP contribution in [0.15, 0.2) is 12.2 Å². The second kappa shape index (κ2) is 14.4. The average Bonchev–Trinajstić information content (AvgIpc) is 3.17. The third kappa shape index (κ3) is 7.38. The van der Waals surface area contributed by atoms with Gasteiger partial charge < -0.3 is 29.5 Å². The van der Waals surface area contributed by atoms with Gasteiger partial charge in [-0.1, -0.05) is 27.4 Å². The zero-order valence-electron chi connectivity index (χ0n) is 28.7. The van der Waals surface area contributed by atoms with Gasteiger partial charge in [-0.3, -0.25) is 28.7 Å². The molecule has 5 aliphatic rings. The van der Waals surface area contributed by atoms with Crippen LogP contribution in [-0.4, -0.2) is 114 Å². The van der Waals surface area contributed by atoms with Gasteiger partial charge in [-0.15, -0.1) is 0 Å². The molecule has 0 aromatic heterocycles. The second-order valence-corrected chi connectivity index (χ2v) is 17.6. The van der Waals surface area contributed by atoms with Gasteiger partial charge in [-0.25, -0.2) is 13.3 Å². The van der Waals surface area contributed by atoms with E-state index < -0.39 is 117 Å². The molecule has 5 rings (SSSR count). The van der Waals surface area contributed by atoms with Crippen molar-refractivity contribution in [2.24, 2.45) is 39.9 Å². The normalized spacial score (nSPS) is 40.1. The number of rotatable bonds is 13. The first-order valence-electron chi connectivity index (χ1n) is 16.9. The van der Waals surface area contributed by atoms with E-state index >= 15 is 0 Å². The topological polar surface area (TPSA) is 296 Å². The smallest absolute Gasteiger partial charge is 0.397 e. The fraction of sp³-hybridized carbons (Fsp3) is 0.839. The SMILES string of the molecule is C=C1[C@@H]2CC[C@@H]3[C@@]4(C)C[C@@H](O[C@H]5O[C@@H](COO)[C@H](OS(=O)(=O)O)[C@H](OS(=O)(=O)O)[C@H]5OC(=O)CC(C)C)CC(C(=O)O)(C(=O)O)[C@@H]4CC[C@]3(C2)[C@H]1O. The minimum Gasteiger partial charge on any atom is -0.480 e. The maximum atomic E-state index is 13.2. The van der Waals surface area contributed by atoms with Crippen molar-refractivity contribution in [1.82, 2.24) is 0 Å². The minimum absolute atomic E-state index is 0.0152. The summed E-state index contributed by atoms with van der Waals surface area (Å²) in [5.74, 6) is -5.92. The van der Waals surface area contributed by atoms with Crippen molar-refractivity contribution in [3.05, 3.63) is 12.2 Å². The molecule has 0 aromatic carbocycles. The lowest BCUT2D eigenvalue weighted by atomic mass is 9.40. The molecular formula is C31H46O19S2. The third-order valence-electron chi connectivity index (χ3n) is 12.1. The van der Waals surface area contributed by atoms with Crippen LogP contribution in [0, 0.1) is 39.9 Å². The summed E-state index contributed by atoms with van der Waals surface area (Å²) in [4.78, 5) is 43.4. The van der Waals surface area contributed by atoms with E-state index in [1.54, 1.807) is 20.8 Å². The van der Waals surface area contributed by atoms with E-state index in [9.17, 15) is 60.9 Å². The Morgan fingerprint density at radius 3 is 2.10 bits per heavy atom. The number of carboxylic acids is 2. The first-order chi connectivity index (χ1) is 24.0. The van der Waals surface area contributed by atoms with Gasteiger partial charge in [0.1, 0.15) is 18.8 Å². The van der Waals surface area contributed by atoms with Crippen LogP contribution in [0.25, 0.3) is 0 Å². The zero-order chi connectivity index (χ0) is 38.8. The van der Waals surface area contributed by atoms with Gasteiger partial charge >= 0.3 is 38.7 Å². The minimum atomic E-state index is -5.54. The highest BCUT2D eigenvalue weighted by Crippen LogP contribution is 2.72.